The number of carbonyl (C=O) groups excluding carboxylic acids is 2. The Labute approximate surface area is 176 Å². The van der Waals surface area contributed by atoms with Crippen LogP contribution in [0.25, 0.3) is 0 Å². The lowest BCUT2D eigenvalue weighted by Crippen LogP contribution is -2.48. The first kappa shape index (κ1) is 21.4. The van der Waals surface area contributed by atoms with Crippen molar-refractivity contribution in [2.75, 3.05) is 27.3 Å². The minimum atomic E-state index is -0.672. The first-order valence-corrected chi connectivity index (χ1v) is 9.86. The van der Waals surface area contributed by atoms with Crippen LogP contribution in [-0.2, 0) is 16.1 Å². The minimum Gasteiger partial charge on any atom is -0.494 e. The van der Waals surface area contributed by atoms with E-state index in [9.17, 15) is 9.59 Å². The van der Waals surface area contributed by atoms with E-state index in [2.05, 4.69) is 10.6 Å². The maximum Gasteiger partial charge on any atom is 0.338 e. The molecule has 0 bridgehead atoms. The zero-order valence-electron chi connectivity index (χ0n) is 17.5. The van der Waals surface area contributed by atoms with Crippen LogP contribution in [0.3, 0.4) is 0 Å². The molecular weight excluding hydrogens is 382 g/mol. The lowest BCUT2D eigenvalue weighted by molar-refractivity contribution is -0.136. The number of methoxy groups -OCH3 is 1. The van der Waals surface area contributed by atoms with Crippen molar-refractivity contribution < 1.29 is 19.1 Å². The van der Waals surface area contributed by atoms with Crippen molar-refractivity contribution in [1.82, 2.24) is 15.5 Å². The van der Waals surface area contributed by atoms with E-state index in [1.807, 2.05) is 73.5 Å². The molecule has 2 aromatic rings. The fraction of sp³-hybridized carbons (Fsp3) is 0.304. The third-order valence-corrected chi connectivity index (χ3v) is 4.81. The molecule has 1 unspecified atom stereocenters. The fourth-order valence-electron chi connectivity index (χ4n) is 3.55. The summed E-state index contributed by atoms with van der Waals surface area (Å²) in [5.41, 5.74) is 2.72. The van der Waals surface area contributed by atoms with E-state index in [0.29, 0.717) is 42.3 Å². The molecule has 2 N–H and O–H groups in total. The van der Waals surface area contributed by atoms with Crippen molar-refractivity contribution in [3.63, 3.8) is 0 Å². The molecule has 0 aliphatic carbocycles. The summed E-state index contributed by atoms with van der Waals surface area (Å²) in [6.45, 7) is 3.40. The van der Waals surface area contributed by atoms with Crippen LogP contribution < -0.4 is 15.4 Å². The zero-order valence-corrected chi connectivity index (χ0v) is 17.5. The number of para-hydroxylation sites is 1. The second-order valence-electron chi connectivity index (χ2n) is 7.04. The van der Waals surface area contributed by atoms with Gasteiger partial charge in [0.25, 0.3) is 0 Å². The number of nitrogens with zero attached hydrogens (tertiary/aromatic N) is 1. The monoisotopic (exact) mass is 409 g/mol. The predicted octanol–water partition coefficient (Wildman–Crippen LogP) is 3.00. The normalized spacial score (nSPS) is 16.1. The number of ether oxygens (including phenoxy) is 2. The average Bonchev–Trinajstić information content (AvgIpc) is 2.74. The average molecular weight is 409 g/mol. The van der Waals surface area contributed by atoms with E-state index in [4.69, 9.17) is 9.47 Å². The van der Waals surface area contributed by atoms with Gasteiger partial charge < -0.3 is 20.1 Å². The summed E-state index contributed by atoms with van der Waals surface area (Å²) in [6.07, 6.45) is 0. The van der Waals surface area contributed by atoms with E-state index in [-0.39, 0.29) is 6.03 Å². The standard InChI is InChI=1S/C23H27N3O4/c1-4-30-19-13-9-8-12-17(19)21-20(22(27)29-3)18(24-23(28)25-21)15-26(2)14-16-10-6-5-7-11-16/h5-13,21H,4,14-15H2,1-3H3,(H2,24,25,28). The topological polar surface area (TPSA) is 79.9 Å². The highest BCUT2D eigenvalue weighted by molar-refractivity contribution is 5.95. The van der Waals surface area contributed by atoms with Gasteiger partial charge in [-0.3, -0.25) is 4.90 Å². The lowest BCUT2D eigenvalue weighted by Gasteiger charge is -2.31. The first-order chi connectivity index (χ1) is 14.5. The number of likely N-dealkylation sites (N-methyl/N-ethyl adjacent to an activating group) is 1. The van der Waals surface area contributed by atoms with Gasteiger partial charge in [0.05, 0.1) is 25.3 Å². The quantitative estimate of drug-likeness (QED) is 0.655. The number of amides is 2. The second kappa shape index (κ2) is 9.93. The van der Waals surface area contributed by atoms with Gasteiger partial charge in [-0.15, -0.1) is 0 Å². The molecule has 2 amide bonds. The largest absolute Gasteiger partial charge is 0.494 e. The molecule has 1 aliphatic heterocycles. The Morgan fingerprint density at radius 3 is 2.47 bits per heavy atom. The predicted molar refractivity (Wildman–Crippen MR) is 114 cm³/mol. The minimum absolute atomic E-state index is 0.365. The number of hydrogen-bond acceptors (Lipinski definition) is 5. The number of carbonyl (C=O) groups is 2. The molecule has 0 radical (unpaired) electrons. The summed E-state index contributed by atoms with van der Waals surface area (Å²) in [5.74, 6) is 0.118. The number of benzene rings is 2. The van der Waals surface area contributed by atoms with Gasteiger partial charge in [-0.2, -0.15) is 0 Å². The molecule has 0 fully saturated rings. The Bertz CT molecular complexity index is 927. The van der Waals surface area contributed by atoms with E-state index >= 15 is 0 Å². The maximum absolute atomic E-state index is 12.7. The van der Waals surface area contributed by atoms with Crippen molar-refractivity contribution >= 4 is 12.0 Å². The van der Waals surface area contributed by atoms with Crippen molar-refractivity contribution in [2.45, 2.75) is 19.5 Å². The number of esters is 1. The van der Waals surface area contributed by atoms with E-state index in [1.54, 1.807) is 0 Å². The van der Waals surface area contributed by atoms with Gasteiger partial charge in [-0.1, -0.05) is 48.5 Å². The lowest BCUT2D eigenvalue weighted by atomic mass is 9.94. The van der Waals surface area contributed by atoms with Crippen molar-refractivity contribution in [1.29, 1.82) is 0 Å². The molecular formula is C23H27N3O4. The summed E-state index contributed by atoms with van der Waals surface area (Å²) in [7, 11) is 3.27. The molecule has 0 saturated carbocycles. The van der Waals surface area contributed by atoms with Gasteiger partial charge in [0.15, 0.2) is 0 Å². The third-order valence-electron chi connectivity index (χ3n) is 4.81. The van der Waals surface area contributed by atoms with Crippen LogP contribution in [0.4, 0.5) is 4.79 Å². The number of urea groups is 1. The molecule has 7 nitrogen and oxygen atoms in total. The highest BCUT2D eigenvalue weighted by Gasteiger charge is 2.35. The highest BCUT2D eigenvalue weighted by atomic mass is 16.5. The van der Waals surface area contributed by atoms with E-state index < -0.39 is 12.0 Å². The van der Waals surface area contributed by atoms with Crippen LogP contribution in [0.1, 0.15) is 24.1 Å². The molecule has 1 atom stereocenters. The van der Waals surface area contributed by atoms with E-state index in [0.717, 1.165) is 5.56 Å². The van der Waals surface area contributed by atoms with Gasteiger partial charge in [-0.05, 0) is 25.6 Å². The van der Waals surface area contributed by atoms with Crippen molar-refractivity contribution in [3.8, 4) is 5.75 Å². The van der Waals surface area contributed by atoms with Gasteiger partial charge >= 0.3 is 12.0 Å². The molecule has 3 rings (SSSR count). The van der Waals surface area contributed by atoms with Gasteiger partial charge in [0.2, 0.25) is 0 Å². The Morgan fingerprint density at radius 1 is 1.07 bits per heavy atom. The molecule has 158 valence electrons. The van der Waals surface area contributed by atoms with Gasteiger partial charge in [0.1, 0.15) is 5.75 Å². The van der Waals surface area contributed by atoms with Crippen molar-refractivity contribution in [3.05, 3.63) is 77.0 Å². The van der Waals surface area contributed by atoms with Crippen molar-refractivity contribution in [2.24, 2.45) is 0 Å². The summed E-state index contributed by atoms with van der Waals surface area (Å²) < 4.78 is 10.8. The Hall–Kier alpha value is -3.32. The molecule has 0 aromatic heterocycles. The van der Waals surface area contributed by atoms with Crippen LogP contribution in [0, 0.1) is 0 Å². The molecule has 1 heterocycles. The molecule has 1 aliphatic rings. The number of hydrogen-bond donors (Lipinski definition) is 2. The van der Waals surface area contributed by atoms with Crippen LogP contribution in [0.2, 0.25) is 0 Å². The van der Waals surface area contributed by atoms with Crippen LogP contribution in [0.15, 0.2) is 65.9 Å². The fourth-order valence-corrected chi connectivity index (χ4v) is 3.55. The molecule has 0 spiro atoms. The molecule has 0 saturated heterocycles. The number of nitrogens with one attached hydrogen (secondary N) is 2. The van der Waals surface area contributed by atoms with E-state index in [1.165, 1.54) is 7.11 Å². The maximum atomic E-state index is 12.7. The van der Waals surface area contributed by atoms with Crippen LogP contribution in [0.5, 0.6) is 5.75 Å². The van der Waals surface area contributed by atoms with Crippen LogP contribution in [-0.4, -0.2) is 44.2 Å². The number of rotatable bonds is 8. The third kappa shape index (κ3) is 4.99. The second-order valence-corrected chi connectivity index (χ2v) is 7.04. The van der Waals surface area contributed by atoms with Gasteiger partial charge in [-0.25, -0.2) is 9.59 Å². The zero-order chi connectivity index (χ0) is 21.5. The highest BCUT2D eigenvalue weighted by Crippen LogP contribution is 2.33. The molecule has 2 aromatic carbocycles. The summed E-state index contributed by atoms with van der Waals surface area (Å²) in [5, 5.41) is 5.64. The summed E-state index contributed by atoms with van der Waals surface area (Å²) in [4.78, 5) is 27.2. The molecule has 7 heteroatoms. The Balaban J connectivity index is 1.97. The summed E-state index contributed by atoms with van der Waals surface area (Å²) >= 11 is 0. The Kier molecular flexibility index (Phi) is 7.08. The first-order valence-electron chi connectivity index (χ1n) is 9.86. The summed E-state index contributed by atoms with van der Waals surface area (Å²) in [6, 6.07) is 16.3. The van der Waals surface area contributed by atoms with Gasteiger partial charge in [0, 0.05) is 24.4 Å². The smallest absolute Gasteiger partial charge is 0.338 e. The Morgan fingerprint density at radius 2 is 1.77 bits per heavy atom. The SMILES string of the molecule is CCOc1ccccc1C1NC(=O)NC(CN(C)Cc2ccccc2)=C1C(=O)OC. The molecule has 30 heavy (non-hydrogen) atoms. The van der Waals surface area contributed by atoms with Crippen LogP contribution >= 0.6 is 0 Å².